The number of aliphatic hydroxyl groups excluding tert-OH is 1. The Hall–Kier alpha value is -2.88. The van der Waals surface area contributed by atoms with Crippen LogP contribution in [0.2, 0.25) is 10.0 Å². The van der Waals surface area contributed by atoms with E-state index in [9.17, 15) is 14.3 Å². The molecule has 0 radical (unpaired) electrons. The summed E-state index contributed by atoms with van der Waals surface area (Å²) in [4.78, 5) is 12.5. The number of hydrogen-bond acceptors (Lipinski definition) is 7. The summed E-state index contributed by atoms with van der Waals surface area (Å²) in [6.45, 7) is -0.225. The summed E-state index contributed by atoms with van der Waals surface area (Å²) in [6.07, 6.45) is 1.26. The Morgan fingerprint density at radius 3 is 2.78 bits per heavy atom. The Bertz CT molecular complexity index is 1330. The van der Waals surface area contributed by atoms with E-state index in [4.69, 9.17) is 37.1 Å². The van der Waals surface area contributed by atoms with Gasteiger partial charge in [-0.15, -0.1) is 10.2 Å². The molecule has 3 saturated carbocycles. The topological polar surface area (TPSA) is 107 Å². The molecule has 3 fully saturated rings. The average Bonchev–Trinajstić information content (AvgIpc) is 3.53. The number of halogens is 3. The minimum atomic E-state index is -0.753. The van der Waals surface area contributed by atoms with Crippen molar-refractivity contribution in [1.29, 1.82) is 0 Å². The van der Waals surface area contributed by atoms with Crippen LogP contribution in [0.25, 0.3) is 0 Å². The van der Waals surface area contributed by atoms with Gasteiger partial charge in [-0.3, -0.25) is 4.79 Å². The first-order valence-electron chi connectivity index (χ1n) is 11.6. The molecule has 0 spiro atoms. The molecule has 2 aromatic carbocycles. The lowest BCUT2D eigenvalue weighted by Crippen LogP contribution is -2.53. The lowest BCUT2D eigenvalue weighted by atomic mass is 9.76. The first kappa shape index (κ1) is 23.5. The Morgan fingerprint density at radius 2 is 1.97 bits per heavy atom. The zero-order valence-corrected chi connectivity index (χ0v) is 20.4. The highest BCUT2D eigenvalue weighted by molar-refractivity contribution is 6.31. The largest absolute Gasteiger partial charge is 0.484 e. The minimum absolute atomic E-state index is 0.00617. The number of benzene rings is 2. The van der Waals surface area contributed by atoms with E-state index in [1.165, 1.54) is 12.1 Å². The monoisotopic (exact) mass is 533 g/mol. The molecule has 1 unspecified atom stereocenters. The highest BCUT2D eigenvalue weighted by atomic mass is 35.5. The fraction of sp³-hybridized carbons (Fsp3) is 0.400. The molecule has 3 aromatic rings. The Kier molecular flexibility index (Phi) is 5.81. The van der Waals surface area contributed by atoms with Crippen molar-refractivity contribution in [2.75, 3.05) is 6.61 Å². The number of amides is 1. The van der Waals surface area contributed by atoms with Crippen molar-refractivity contribution in [2.45, 2.75) is 49.3 Å². The van der Waals surface area contributed by atoms with Crippen molar-refractivity contribution in [3.63, 3.8) is 0 Å². The first-order valence-corrected chi connectivity index (χ1v) is 12.4. The number of nitrogens with zero attached hydrogens (tertiary/aromatic N) is 2. The van der Waals surface area contributed by atoms with Crippen molar-refractivity contribution < 1.29 is 28.2 Å². The highest BCUT2D eigenvalue weighted by Gasteiger charge is 2.58. The normalized spacial score (nSPS) is 28.1. The third-order valence-electron chi connectivity index (χ3n) is 7.24. The van der Waals surface area contributed by atoms with E-state index in [2.05, 4.69) is 15.5 Å². The highest BCUT2D eigenvalue weighted by Crippen LogP contribution is 2.59. The molecular formula is C25H22Cl2FN3O5. The first-order chi connectivity index (χ1) is 17.3. The van der Waals surface area contributed by atoms with Gasteiger partial charge < -0.3 is 24.3 Å². The van der Waals surface area contributed by atoms with Crippen LogP contribution < -0.4 is 14.8 Å². The van der Waals surface area contributed by atoms with Crippen LogP contribution in [0.4, 0.5) is 4.39 Å². The number of aromatic nitrogens is 2. The molecule has 3 aliphatic carbocycles. The number of ether oxygens (including phenoxy) is 2. The number of fused-ring (bicyclic) bond motifs is 2. The van der Waals surface area contributed by atoms with Gasteiger partial charge in [0.25, 0.3) is 11.8 Å². The quantitative estimate of drug-likeness (QED) is 0.463. The molecule has 1 aromatic heterocycles. The van der Waals surface area contributed by atoms with Crippen LogP contribution in [0, 0.1) is 11.7 Å². The van der Waals surface area contributed by atoms with E-state index < -0.39 is 18.0 Å². The summed E-state index contributed by atoms with van der Waals surface area (Å²) in [5.74, 6) is 1.07. The predicted molar refractivity (Wildman–Crippen MR) is 127 cm³/mol. The molecule has 7 rings (SSSR count). The second-order valence-corrected chi connectivity index (χ2v) is 10.5. The molecule has 11 heteroatoms. The van der Waals surface area contributed by atoms with Gasteiger partial charge >= 0.3 is 0 Å². The minimum Gasteiger partial charge on any atom is -0.484 e. The second kappa shape index (κ2) is 8.90. The van der Waals surface area contributed by atoms with Crippen molar-refractivity contribution in [2.24, 2.45) is 5.92 Å². The molecule has 36 heavy (non-hydrogen) atoms. The molecule has 4 aliphatic rings. The van der Waals surface area contributed by atoms with Crippen LogP contribution in [0.1, 0.15) is 61.2 Å². The number of rotatable bonds is 6. The van der Waals surface area contributed by atoms with Crippen molar-refractivity contribution in [3.8, 4) is 11.5 Å². The Labute approximate surface area is 215 Å². The van der Waals surface area contributed by atoms with Crippen LogP contribution in [0.5, 0.6) is 11.5 Å². The molecule has 2 bridgehead atoms. The molecular weight excluding hydrogens is 512 g/mol. The van der Waals surface area contributed by atoms with Gasteiger partial charge in [-0.1, -0.05) is 23.2 Å². The van der Waals surface area contributed by atoms with Crippen molar-refractivity contribution in [3.05, 3.63) is 69.6 Å². The standard InChI is InChI=1S/C25H22Cl2FN3O5/c26-13-1-4-20-15(5-13)19(32)7-21(35-20)24-31-30-23(36-24)16-10-25(8-12(16)9-25)29-22(33)11-34-14-2-3-17(27)18(28)6-14/h1-6,12,16,19,21,32H,7-11H2,(H,29,33)/t12?,16?,19-,21-,25?/m1/s1. The Morgan fingerprint density at radius 1 is 1.17 bits per heavy atom. The lowest BCUT2D eigenvalue weighted by molar-refractivity contribution is -0.125. The van der Waals surface area contributed by atoms with Gasteiger partial charge in [0.1, 0.15) is 17.3 Å². The lowest BCUT2D eigenvalue weighted by Gasteiger charge is -2.39. The maximum Gasteiger partial charge on any atom is 0.258 e. The molecule has 2 N–H and O–H groups in total. The number of carbonyl (C=O) groups excluding carboxylic acids is 1. The predicted octanol–water partition coefficient (Wildman–Crippen LogP) is 4.90. The van der Waals surface area contributed by atoms with E-state index in [1.54, 1.807) is 18.2 Å². The maximum atomic E-state index is 13.6. The van der Waals surface area contributed by atoms with Crippen molar-refractivity contribution in [1.82, 2.24) is 15.5 Å². The zero-order valence-electron chi connectivity index (χ0n) is 18.9. The second-order valence-electron chi connectivity index (χ2n) is 9.69. The van der Waals surface area contributed by atoms with E-state index in [0.717, 1.165) is 18.9 Å². The molecule has 1 amide bonds. The van der Waals surface area contributed by atoms with Crippen molar-refractivity contribution >= 4 is 29.1 Å². The van der Waals surface area contributed by atoms with E-state index >= 15 is 0 Å². The zero-order chi connectivity index (χ0) is 25.0. The fourth-order valence-electron chi connectivity index (χ4n) is 5.57. The fourth-order valence-corrected chi connectivity index (χ4v) is 5.87. The van der Waals surface area contributed by atoms with Crippen LogP contribution in [-0.4, -0.2) is 33.4 Å². The average molecular weight is 534 g/mol. The van der Waals surface area contributed by atoms with Gasteiger partial charge in [0.2, 0.25) is 5.89 Å². The third-order valence-corrected chi connectivity index (χ3v) is 7.78. The summed E-state index contributed by atoms with van der Waals surface area (Å²) < 4.78 is 31.0. The van der Waals surface area contributed by atoms with Gasteiger partial charge in [-0.25, -0.2) is 4.39 Å². The van der Waals surface area contributed by atoms with Crippen LogP contribution in [-0.2, 0) is 4.79 Å². The van der Waals surface area contributed by atoms with Crippen LogP contribution >= 0.6 is 23.2 Å². The van der Waals surface area contributed by atoms with Gasteiger partial charge in [-0.2, -0.15) is 0 Å². The molecule has 8 nitrogen and oxygen atoms in total. The van der Waals surface area contributed by atoms with Crippen LogP contribution in [0.15, 0.2) is 40.8 Å². The SMILES string of the molecule is O=C(COc1ccc(Cl)c(F)c1)NC12CC(C1)C(c1nnc([C@H]3C[C@@H](O)c4cc(Cl)ccc4O3)o1)C2. The number of carbonyl (C=O) groups is 1. The third kappa shape index (κ3) is 4.29. The number of aliphatic hydroxyl groups is 1. The summed E-state index contributed by atoms with van der Waals surface area (Å²) in [5, 5.41) is 22.6. The van der Waals surface area contributed by atoms with Gasteiger partial charge in [-0.05, 0) is 55.5 Å². The Balaban J connectivity index is 1.07. The molecule has 188 valence electrons. The maximum absolute atomic E-state index is 13.6. The van der Waals surface area contributed by atoms with Gasteiger partial charge in [0, 0.05) is 34.5 Å². The summed E-state index contributed by atoms with van der Waals surface area (Å²) in [6, 6.07) is 9.15. The van der Waals surface area contributed by atoms with Gasteiger partial charge in [0.15, 0.2) is 12.7 Å². The number of nitrogens with one attached hydrogen (secondary N) is 1. The van der Waals surface area contributed by atoms with Crippen LogP contribution in [0.3, 0.4) is 0 Å². The molecule has 2 heterocycles. The molecule has 0 saturated heterocycles. The van der Waals surface area contributed by atoms with E-state index in [1.807, 2.05) is 0 Å². The summed E-state index contributed by atoms with van der Waals surface area (Å²) in [7, 11) is 0. The molecule has 1 aliphatic heterocycles. The summed E-state index contributed by atoms with van der Waals surface area (Å²) in [5.41, 5.74) is 0.295. The molecule has 3 atom stereocenters. The van der Waals surface area contributed by atoms with E-state index in [-0.39, 0.29) is 41.2 Å². The van der Waals surface area contributed by atoms with Gasteiger partial charge in [0.05, 0.1) is 11.1 Å². The van der Waals surface area contributed by atoms with E-state index in [0.29, 0.717) is 40.5 Å². The smallest absolute Gasteiger partial charge is 0.258 e. The number of hydrogen-bond donors (Lipinski definition) is 2. The summed E-state index contributed by atoms with van der Waals surface area (Å²) >= 11 is 11.7.